The first-order valence-corrected chi connectivity index (χ1v) is 6.64. The summed E-state index contributed by atoms with van der Waals surface area (Å²) in [5, 5.41) is 19.8. The van der Waals surface area contributed by atoms with Gasteiger partial charge in [0.05, 0.1) is 18.8 Å². The summed E-state index contributed by atoms with van der Waals surface area (Å²) < 4.78 is 10.9. The molecule has 0 aromatic heterocycles. The van der Waals surface area contributed by atoms with Gasteiger partial charge in [-0.25, -0.2) is 4.79 Å². The van der Waals surface area contributed by atoms with Crippen LogP contribution in [0.2, 0.25) is 0 Å². The van der Waals surface area contributed by atoms with Crippen LogP contribution in [0.3, 0.4) is 0 Å². The molecule has 0 unspecified atom stereocenters. The molecular weight excluding hydrogens is 262 g/mol. The highest BCUT2D eigenvalue weighted by atomic mass is 16.6. The maximum Gasteiger partial charge on any atom is 0.412 e. The average Bonchev–Trinajstić information content (AvgIpc) is 2.60. The molecule has 0 aromatic carbocycles. The van der Waals surface area contributed by atoms with Crippen LogP contribution in [0.25, 0.3) is 0 Å². The van der Waals surface area contributed by atoms with Crippen molar-refractivity contribution < 1.29 is 24.5 Å². The highest BCUT2D eigenvalue weighted by Crippen LogP contribution is 2.31. The molecule has 2 N–H and O–H groups in total. The molecule has 116 valence electrons. The number of aliphatic hydroxyl groups is 2. The lowest BCUT2D eigenvalue weighted by molar-refractivity contribution is -0.0731. The van der Waals surface area contributed by atoms with E-state index in [2.05, 4.69) is 6.58 Å². The summed E-state index contributed by atoms with van der Waals surface area (Å²) in [6, 6.07) is -0.687. The molecule has 1 amide bonds. The molecule has 1 rings (SSSR count). The number of aliphatic hydroxyl groups excluding tert-OH is 2. The van der Waals surface area contributed by atoms with Gasteiger partial charge in [0.25, 0.3) is 0 Å². The number of hydrogen-bond donors (Lipinski definition) is 2. The van der Waals surface area contributed by atoms with E-state index in [0.717, 1.165) is 0 Å². The van der Waals surface area contributed by atoms with Gasteiger partial charge in [0, 0.05) is 0 Å². The highest BCUT2D eigenvalue weighted by molar-refractivity contribution is 5.70. The van der Waals surface area contributed by atoms with Gasteiger partial charge in [0.2, 0.25) is 0 Å². The molecule has 0 aliphatic carbocycles. The molecular formula is C14H25NO5. The van der Waals surface area contributed by atoms with E-state index in [1.165, 1.54) is 11.0 Å². The van der Waals surface area contributed by atoms with Gasteiger partial charge in [-0.05, 0) is 34.6 Å². The largest absolute Gasteiger partial charge is 0.444 e. The second-order valence-electron chi connectivity index (χ2n) is 6.39. The van der Waals surface area contributed by atoms with Crippen LogP contribution in [0.5, 0.6) is 0 Å². The quantitative estimate of drug-likeness (QED) is 0.764. The van der Waals surface area contributed by atoms with Crippen molar-refractivity contribution in [3.63, 3.8) is 0 Å². The zero-order valence-corrected chi connectivity index (χ0v) is 12.8. The summed E-state index contributed by atoms with van der Waals surface area (Å²) in [6.07, 6.45) is -1.67. The zero-order valence-electron chi connectivity index (χ0n) is 12.8. The van der Waals surface area contributed by atoms with Crippen molar-refractivity contribution in [1.29, 1.82) is 0 Å². The van der Waals surface area contributed by atoms with Crippen molar-refractivity contribution >= 4 is 6.09 Å². The Balaban J connectivity index is 2.96. The summed E-state index contributed by atoms with van der Waals surface area (Å²) >= 11 is 0. The van der Waals surface area contributed by atoms with E-state index in [1.54, 1.807) is 34.6 Å². The molecule has 3 atom stereocenters. The molecule has 0 aromatic rings. The van der Waals surface area contributed by atoms with E-state index in [0.29, 0.717) is 0 Å². The van der Waals surface area contributed by atoms with Crippen molar-refractivity contribution in [3.8, 4) is 0 Å². The van der Waals surface area contributed by atoms with Gasteiger partial charge in [-0.2, -0.15) is 0 Å². The first kappa shape index (κ1) is 16.9. The topological polar surface area (TPSA) is 79.2 Å². The number of amides is 1. The standard InChI is InChI=1S/C14H25NO5/c1-7-10(16)11(17)9-8-19-14(5,6)15(9)12(18)20-13(2,3)4/h7,9-11,16-17H,1,8H2,2-6H3/t9-,10+,11+/m0/s1. The summed E-state index contributed by atoms with van der Waals surface area (Å²) in [5.74, 6) is 0. The van der Waals surface area contributed by atoms with Gasteiger partial charge in [0.15, 0.2) is 0 Å². The van der Waals surface area contributed by atoms with E-state index in [1.807, 2.05) is 0 Å². The van der Waals surface area contributed by atoms with Crippen molar-refractivity contribution in [3.05, 3.63) is 12.7 Å². The Morgan fingerprint density at radius 2 is 2.05 bits per heavy atom. The molecule has 1 fully saturated rings. The third kappa shape index (κ3) is 3.71. The smallest absolute Gasteiger partial charge is 0.412 e. The number of hydrogen-bond acceptors (Lipinski definition) is 5. The number of ether oxygens (including phenoxy) is 2. The maximum absolute atomic E-state index is 12.3. The molecule has 0 spiro atoms. The van der Waals surface area contributed by atoms with Crippen LogP contribution < -0.4 is 0 Å². The predicted molar refractivity (Wildman–Crippen MR) is 74.1 cm³/mol. The highest BCUT2D eigenvalue weighted by Gasteiger charge is 2.49. The Labute approximate surface area is 120 Å². The molecule has 0 radical (unpaired) electrons. The molecule has 1 heterocycles. The van der Waals surface area contributed by atoms with Crippen LogP contribution >= 0.6 is 0 Å². The molecule has 6 heteroatoms. The van der Waals surface area contributed by atoms with Gasteiger partial charge >= 0.3 is 6.09 Å². The number of rotatable bonds is 3. The molecule has 20 heavy (non-hydrogen) atoms. The monoisotopic (exact) mass is 287 g/mol. The molecule has 0 saturated carbocycles. The number of nitrogens with zero attached hydrogens (tertiary/aromatic N) is 1. The second kappa shape index (κ2) is 5.71. The fourth-order valence-electron chi connectivity index (χ4n) is 2.12. The van der Waals surface area contributed by atoms with Gasteiger partial charge < -0.3 is 19.7 Å². The van der Waals surface area contributed by atoms with Gasteiger partial charge in [0.1, 0.15) is 17.4 Å². The Kier molecular flexibility index (Phi) is 4.84. The van der Waals surface area contributed by atoms with Crippen LogP contribution in [0, 0.1) is 0 Å². The van der Waals surface area contributed by atoms with Gasteiger partial charge in [-0.1, -0.05) is 6.08 Å². The van der Waals surface area contributed by atoms with Crippen molar-refractivity contribution in [1.82, 2.24) is 4.90 Å². The van der Waals surface area contributed by atoms with Crippen LogP contribution in [0.4, 0.5) is 4.79 Å². The first-order chi connectivity index (χ1) is 8.99. The third-order valence-electron chi connectivity index (χ3n) is 3.09. The Morgan fingerprint density at radius 3 is 2.50 bits per heavy atom. The SMILES string of the molecule is C=C[C@@H](O)[C@H](O)[C@@H]1COC(C)(C)N1C(=O)OC(C)(C)C. The van der Waals surface area contributed by atoms with E-state index < -0.39 is 35.7 Å². The Morgan fingerprint density at radius 1 is 1.50 bits per heavy atom. The molecule has 1 aliphatic rings. The lowest BCUT2D eigenvalue weighted by atomic mass is 10.0. The summed E-state index contributed by atoms with van der Waals surface area (Å²) in [4.78, 5) is 13.6. The normalized spacial score (nSPS) is 25.1. The van der Waals surface area contributed by atoms with Gasteiger partial charge in [-0.15, -0.1) is 6.58 Å². The van der Waals surface area contributed by atoms with E-state index in [-0.39, 0.29) is 6.61 Å². The van der Waals surface area contributed by atoms with Crippen LogP contribution in [-0.4, -0.2) is 57.4 Å². The Bertz CT molecular complexity index is 374. The van der Waals surface area contributed by atoms with Gasteiger partial charge in [-0.3, -0.25) is 4.90 Å². The summed E-state index contributed by atoms with van der Waals surface area (Å²) in [7, 11) is 0. The average molecular weight is 287 g/mol. The maximum atomic E-state index is 12.3. The predicted octanol–water partition coefficient (Wildman–Crippen LogP) is 1.27. The second-order valence-corrected chi connectivity index (χ2v) is 6.39. The summed E-state index contributed by atoms with van der Waals surface area (Å²) in [5.41, 5.74) is -1.56. The number of carbonyl (C=O) groups is 1. The lowest BCUT2D eigenvalue weighted by Crippen LogP contribution is -2.55. The first-order valence-electron chi connectivity index (χ1n) is 6.64. The fourth-order valence-corrected chi connectivity index (χ4v) is 2.12. The summed E-state index contributed by atoms with van der Waals surface area (Å²) in [6.45, 7) is 12.3. The molecule has 6 nitrogen and oxygen atoms in total. The minimum atomic E-state index is -1.18. The fraction of sp³-hybridized carbons (Fsp3) is 0.786. The van der Waals surface area contributed by atoms with E-state index >= 15 is 0 Å². The Hall–Kier alpha value is -1.11. The third-order valence-corrected chi connectivity index (χ3v) is 3.09. The van der Waals surface area contributed by atoms with Crippen molar-refractivity contribution in [2.24, 2.45) is 0 Å². The molecule has 1 saturated heterocycles. The van der Waals surface area contributed by atoms with Crippen LogP contribution in [0.1, 0.15) is 34.6 Å². The molecule has 0 bridgehead atoms. The van der Waals surface area contributed by atoms with Crippen LogP contribution in [0.15, 0.2) is 12.7 Å². The minimum absolute atomic E-state index is 0.123. The van der Waals surface area contributed by atoms with E-state index in [9.17, 15) is 15.0 Å². The lowest BCUT2D eigenvalue weighted by Gasteiger charge is -2.37. The van der Waals surface area contributed by atoms with E-state index in [4.69, 9.17) is 9.47 Å². The van der Waals surface area contributed by atoms with Crippen molar-refractivity contribution in [2.75, 3.05) is 6.61 Å². The zero-order chi connectivity index (χ0) is 15.7. The van der Waals surface area contributed by atoms with Crippen LogP contribution in [-0.2, 0) is 9.47 Å². The minimum Gasteiger partial charge on any atom is -0.444 e. The van der Waals surface area contributed by atoms with Crippen molar-refractivity contribution in [2.45, 2.75) is 64.2 Å². The number of carbonyl (C=O) groups excluding carboxylic acids is 1. The molecule has 1 aliphatic heterocycles.